The molecule has 0 saturated carbocycles. The number of ether oxygens (including phenoxy) is 1. The van der Waals surface area contributed by atoms with Gasteiger partial charge in [0, 0.05) is 12.1 Å². The molecule has 4 N–H and O–H groups in total. The quantitative estimate of drug-likeness (QED) is 0.840. The normalized spacial score (nSPS) is 12.3. The van der Waals surface area contributed by atoms with E-state index in [0.717, 1.165) is 6.07 Å². The van der Waals surface area contributed by atoms with E-state index >= 15 is 0 Å². The first-order chi connectivity index (χ1) is 8.92. The van der Waals surface area contributed by atoms with E-state index in [0.29, 0.717) is 0 Å². The van der Waals surface area contributed by atoms with Crippen LogP contribution in [-0.2, 0) is 17.3 Å². The summed E-state index contributed by atoms with van der Waals surface area (Å²) in [5.41, 5.74) is 9.38. The van der Waals surface area contributed by atoms with Gasteiger partial charge in [-0.15, -0.1) is 0 Å². The first-order valence-corrected chi connectivity index (χ1v) is 5.87. The third-order valence-electron chi connectivity index (χ3n) is 2.78. The highest BCUT2D eigenvalue weighted by atomic mass is 19.4. The average Bonchev–Trinajstić information content (AvgIpc) is 2.17. The van der Waals surface area contributed by atoms with E-state index in [1.165, 1.54) is 13.0 Å². The van der Waals surface area contributed by atoms with Gasteiger partial charge in [-0.25, -0.2) is 4.79 Å². The van der Waals surface area contributed by atoms with Gasteiger partial charge >= 0.3 is 12.3 Å². The smallest absolute Gasteiger partial charge is 0.416 e. The van der Waals surface area contributed by atoms with Crippen molar-refractivity contribution in [3.05, 3.63) is 28.8 Å². The molecule has 1 amide bonds. The van der Waals surface area contributed by atoms with Gasteiger partial charge < -0.3 is 16.2 Å². The van der Waals surface area contributed by atoms with Gasteiger partial charge in [0.1, 0.15) is 5.60 Å². The average molecular weight is 290 g/mol. The molecular weight excluding hydrogens is 273 g/mol. The molecular formula is C13H17F3N2O2. The van der Waals surface area contributed by atoms with Crippen molar-refractivity contribution in [3.8, 4) is 0 Å². The van der Waals surface area contributed by atoms with E-state index < -0.39 is 23.4 Å². The molecule has 0 aliphatic rings. The Bertz CT molecular complexity index is 525. The molecule has 0 fully saturated rings. The number of anilines is 1. The highest BCUT2D eigenvalue weighted by Crippen LogP contribution is 2.35. The van der Waals surface area contributed by atoms with E-state index in [2.05, 4.69) is 0 Å². The van der Waals surface area contributed by atoms with Gasteiger partial charge in [-0.1, -0.05) is 0 Å². The van der Waals surface area contributed by atoms with Gasteiger partial charge in [-0.3, -0.25) is 0 Å². The van der Waals surface area contributed by atoms with Crippen LogP contribution in [0.4, 0.5) is 23.7 Å². The Morgan fingerprint density at radius 1 is 1.30 bits per heavy atom. The van der Waals surface area contributed by atoms with Crippen LogP contribution in [0.5, 0.6) is 0 Å². The Labute approximate surface area is 114 Å². The second-order valence-electron chi connectivity index (χ2n) is 5.22. The molecule has 0 aromatic heterocycles. The summed E-state index contributed by atoms with van der Waals surface area (Å²) in [6, 6.07) is 2.25. The van der Waals surface area contributed by atoms with Crippen molar-refractivity contribution in [2.24, 2.45) is 5.73 Å². The molecule has 0 spiro atoms. The van der Waals surface area contributed by atoms with E-state index in [1.807, 2.05) is 0 Å². The molecule has 0 aliphatic heterocycles. The van der Waals surface area contributed by atoms with E-state index in [-0.39, 0.29) is 23.2 Å². The molecule has 4 nitrogen and oxygen atoms in total. The van der Waals surface area contributed by atoms with Crippen molar-refractivity contribution in [2.45, 2.75) is 39.0 Å². The number of primary amides is 1. The zero-order valence-corrected chi connectivity index (χ0v) is 11.5. The highest BCUT2D eigenvalue weighted by Gasteiger charge is 2.34. The van der Waals surface area contributed by atoms with E-state index in [9.17, 15) is 18.0 Å². The number of rotatable bonds is 3. The van der Waals surface area contributed by atoms with Gasteiger partial charge in [0.25, 0.3) is 0 Å². The number of nitrogens with two attached hydrogens (primary N) is 2. The van der Waals surface area contributed by atoms with Crippen LogP contribution in [0.2, 0.25) is 0 Å². The monoisotopic (exact) mass is 290 g/mol. The van der Waals surface area contributed by atoms with Crippen LogP contribution in [0.15, 0.2) is 12.1 Å². The second kappa shape index (κ2) is 5.22. The van der Waals surface area contributed by atoms with Gasteiger partial charge in [0.15, 0.2) is 0 Å². The van der Waals surface area contributed by atoms with Crippen LogP contribution in [0.25, 0.3) is 0 Å². The summed E-state index contributed by atoms with van der Waals surface area (Å²) < 4.78 is 43.4. The van der Waals surface area contributed by atoms with Crippen LogP contribution >= 0.6 is 0 Å². The van der Waals surface area contributed by atoms with Crippen molar-refractivity contribution in [2.75, 3.05) is 5.73 Å². The maximum atomic E-state index is 12.9. The minimum absolute atomic E-state index is 0.0329. The van der Waals surface area contributed by atoms with Crippen molar-refractivity contribution < 1.29 is 22.7 Å². The third kappa shape index (κ3) is 4.04. The highest BCUT2D eigenvalue weighted by molar-refractivity contribution is 5.65. The second-order valence-corrected chi connectivity index (χ2v) is 5.22. The summed E-state index contributed by atoms with van der Waals surface area (Å²) >= 11 is 0. The predicted octanol–water partition coefficient (Wildman–Crippen LogP) is 3.01. The van der Waals surface area contributed by atoms with E-state index in [1.54, 1.807) is 13.8 Å². The molecule has 1 aromatic carbocycles. The molecule has 112 valence electrons. The number of amides is 1. The number of nitrogen functional groups attached to an aromatic ring is 1. The zero-order chi connectivity index (χ0) is 15.7. The summed E-state index contributed by atoms with van der Waals surface area (Å²) in [6.07, 6.45) is -5.41. The topological polar surface area (TPSA) is 78.3 Å². The SMILES string of the molecule is Cc1cc(N)c(CC(C)(C)OC(N)=O)cc1C(F)(F)F. The van der Waals surface area contributed by atoms with Gasteiger partial charge in [-0.05, 0) is 44.0 Å². The Morgan fingerprint density at radius 3 is 2.30 bits per heavy atom. The lowest BCUT2D eigenvalue weighted by atomic mass is 9.93. The fraction of sp³-hybridized carbons (Fsp3) is 0.462. The van der Waals surface area contributed by atoms with Gasteiger partial charge in [0.2, 0.25) is 0 Å². The Hall–Kier alpha value is -1.92. The molecule has 7 heteroatoms. The maximum absolute atomic E-state index is 12.9. The lowest BCUT2D eigenvalue weighted by molar-refractivity contribution is -0.138. The molecule has 0 radical (unpaired) electrons. The molecule has 20 heavy (non-hydrogen) atoms. The van der Waals surface area contributed by atoms with Crippen LogP contribution in [-0.4, -0.2) is 11.7 Å². The Balaban J connectivity index is 3.16. The lowest BCUT2D eigenvalue weighted by Gasteiger charge is -2.25. The predicted molar refractivity (Wildman–Crippen MR) is 69.0 cm³/mol. The first kappa shape index (κ1) is 16.1. The first-order valence-electron chi connectivity index (χ1n) is 5.87. The van der Waals surface area contributed by atoms with Crippen molar-refractivity contribution in [1.29, 1.82) is 0 Å². The third-order valence-corrected chi connectivity index (χ3v) is 2.78. The molecule has 1 rings (SSSR count). The molecule has 1 aromatic rings. The number of halogens is 3. The van der Waals surface area contributed by atoms with Crippen molar-refractivity contribution in [1.82, 2.24) is 0 Å². The van der Waals surface area contributed by atoms with Crippen LogP contribution < -0.4 is 11.5 Å². The molecule has 0 unspecified atom stereocenters. The minimum Gasteiger partial charge on any atom is -0.443 e. The summed E-state index contributed by atoms with van der Waals surface area (Å²) in [4.78, 5) is 10.8. The number of hydrogen-bond acceptors (Lipinski definition) is 3. The fourth-order valence-electron chi connectivity index (χ4n) is 2.00. The summed E-state index contributed by atoms with van der Waals surface area (Å²) in [6.45, 7) is 4.43. The molecule has 0 saturated heterocycles. The number of hydrogen-bond donors (Lipinski definition) is 2. The minimum atomic E-state index is -4.46. The zero-order valence-electron chi connectivity index (χ0n) is 11.5. The summed E-state index contributed by atoms with van der Waals surface area (Å²) in [5, 5.41) is 0. The number of alkyl halides is 3. The summed E-state index contributed by atoms with van der Waals surface area (Å²) in [7, 11) is 0. The molecule has 0 aliphatic carbocycles. The van der Waals surface area contributed by atoms with Crippen LogP contribution in [0.3, 0.4) is 0 Å². The molecule has 0 bridgehead atoms. The number of carbonyl (C=O) groups is 1. The van der Waals surface area contributed by atoms with Gasteiger partial charge in [-0.2, -0.15) is 13.2 Å². The standard InChI is InChI=1S/C13H17F3N2O2/c1-7-4-10(17)8(5-9(7)13(14,15)16)6-12(2,3)20-11(18)19/h4-5H,6,17H2,1-3H3,(H2,18,19). The Kier molecular flexibility index (Phi) is 4.21. The maximum Gasteiger partial charge on any atom is 0.416 e. The fourth-order valence-corrected chi connectivity index (χ4v) is 2.00. The lowest BCUT2D eigenvalue weighted by Crippen LogP contribution is -2.33. The number of aryl methyl sites for hydroxylation is 1. The van der Waals surface area contributed by atoms with Crippen LogP contribution in [0.1, 0.15) is 30.5 Å². The molecule has 0 heterocycles. The number of carbonyl (C=O) groups excluding carboxylic acids is 1. The van der Waals surface area contributed by atoms with Crippen LogP contribution in [0, 0.1) is 6.92 Å². The largest absolute Gasteiger partial charge is 0.443 e. The summed E-state index contributed by atoms with van der Waals surface area (Å²) in [5.74, 6) is 0. The van der Waals surface area contributed by atoms with Gasteiger partial charge in [0.05, 0.1) is 5.56 Å². The molecule has 0 atom stereocenters. The van der Waals surface area contributed by atoms with E-state index in [4.69, 9.17) is 16.2 Å². The Morgan fingerprint density at radius 2 is 1.85 bits per heavy atom. The van der Waals surface area contributed by atoms with Crippen molar-refractivity contribution >= 4 is 11.8 Å². The van der Waals surface area contributed by atoms with Crippen molar-refractivity contribution in [3.63, 3.8) is 0 Å². The number of benzene rings is 1.